The minimum Gasteiger partial charge on any atom is -0.465 e. The predicted octanol–water partition coefficient (Wildman–Crippen LogP) is 0.224. The van der Waals surface area contributed by atoms with Crippen LogP contribution in [-0.2, 0) is 33.5 Å². The molecule has 0 aromatic rings. The van der Waals surface area contributed by atoms with Crippen LogP contribution in [0.25, 0.3) is 0 Å². The third-order valence-corrected chi connectivity index (χ3v) is 10.3. The van der Waals surface area contributed by atoms with Gasteiger partial charge in [-0.25, -0.2) is 4.39 Å². The quantitative estimate of drug-likeness (QED) is 0.0966. The minimum absolute atomic E-state index is 0.0524. The Balaban J connectivity index is 1.38. The van der Waals surface area contributed by atoms with Gasteiger partial charge in [0.25, 0.3) is 0 Å². The summed E-state index contributed by atoms with van der Waals surface area (Å²) in [6.45, 7) is 2.06. The number of halogens is 1. The predicted molar refractivity (Wildman–Crippen MR) is 145 cm³/mol. The maximum absolute atomic E-state index is 17.2. The van der Waals surface area contributed by atoms with E-state index in [1.807, 2.05) is 0 Å². The van der Waals surface area contributed by atoms with E-state index in [1.54, 1.807) is 6.92 Å². The lowest BCUT2D eigenvalue weighted by molar-refractivity contribution is -0.492. The van der Waals surface area contributed by atoms with Crippen molar-refractivity contribution in [1.29, 1.82) is 0 Å². The second-order valence-electron chi connectivity index (χ2n) is 12.6. The molecule has 0 aliphatic heterocycles. The number of hydrogen-bond acceptors (Lipinski definition) is 14. The Hall–Kier alpha value is -2.63. The maximum atomic E-state index is 17.2. The number of hydrogen-bond donors (Lipinski definition) is 6. The number of carbonyl (C=O) groups excluding carboxylic acids is 4. The molecule has 0 bridgehead atoms. The number of rotatable bonds is 12. The van der Waals surface area contributed by atoms with Crippen molar-refractivity contribution in [1.82, 2.24) is 5.39 Å². The van der Waals surface area contributed by atoms with Crippen LogP contribution in [0.1, 0.15) is 58.8 Å². The molecule has 44 heavy (non-hydrogen) atoms. The number of allylic oxidation sites excluding steroid dienone is 4. The van der Waals surface area contributed by atoms with E-state index >= 15 is 4.39 Å². The summed E-state index contributed by atoms with van der Waals surface area (Å²) in [5.41, 5.74) is -1.18. The number of fused-ring (bicyclic) bond motifs is 5. The summed E-state index contributed by atoms with van der Waals surface area (Å²) in [7, 11) is 0. The first-order valence-electron chi connectivity index (χ1n) is 14.7. The summed E-state index contributed by atoms with van der Waals surface area (Å²) in [6.07, 6.45) is 0.936. The van der Waals surface area contributed by atoms with Crippen molar-refractivity contribution in [3.8, 4) is 0 Å². The number of aliphatic hydroxyl groups is 3. The fourth-order valence-corrected chi connectivity index (χ4v) is 7.94. The van der Waals surface area contributed by atoms with Gasteiger partial charge >= 0.3 is 11.9 Å². The zero-order valence-electron chi connectivity index (χ0n) is 24.7. The van der Waals surface area contributed by atoms with Crippen LogP contribution >= 0.6 is 0 Å². The van der Waals surface area contributed by atoms with Gasteiger partial charge in [-0.05, 0) is 63.5 Å². The Morgan fingerprint density at radius 1 is 1.11 bits per heavy atom. The first kappa shape index (κ1) is 34.2. The average molecular weight is 629 g/mol. The van der Waals surface area contributed by atoms with Crippen LogP contribution in [0.5, 0.6) is 0 Å². The molecule has 0 amide bonds. The van der Waals surface area contributed by atoms with Gasteiger partial charge in [-0.15, -0.1) is 0 Å². The lowest BCUT2D eigenvalue weighted by Gasteiger charge is -2.62. The molecule has 246 valence electrons. The molecule has 0 aromatic carbocycles. The molecule has 4 aliphatic carbocycles. The number of ketones is 2. The average Bonchev–Trinajstić information content (AvgIpc) is 3.15. The van der Waals surface area contributed by atoms with Gasteiger partial charge in [-0.3, -0.25) is 34.4 Å². The van der Waals surface area contributed by atoms with E-state index < -0.39 is 88.3 Å². The van der Waals surface area contributed by atoms with Crippen LogP contribution in [0.15, 0.2) is 23.8 Å². The maximum Gasteiger partial charge on any atom is 0.323 e. The highest BCUT2D eigenvalue weighted by Crippen LogP contribution is 2.69. The highest BCUT2D eigenvalue weighted by Gasteiger charge is 2.76. The molecule has 1 unspecified atom stereocenters. The first-order valence-corrected chi connectivity index (χ1v) is 14.7. The molecule has 0 saturated heterocycles. The van der Waals surface area contributed by atoms with E-state index in [-0.39, 0.29) is 38.3 Å². The number of aliphatic hydroxyl groups excluding tert-OH is 2. The highest BCUT2D eigenvalue weighted by atomic mass is 19.1. The van der Waals surface area contributed by atoms with E-state index in [1.165, 1.54) is 25.2 Å². The molecule has 14 nitrogen and oxygen atoms in total. The van der Waals surface area contributed by atoms with Crippen LogP contribution in [0.4, 0.5) is 4.39 Å². The number of carbonyl (C=O) groups is 4. The van der Waals surface area contributed by atoms with Gasteiger partial charge in [0.05, 0.1) is 37.2 Å². The summed E-state index contributed by atoms with van der Waals surface area (Å²) in [4.78, 5) is 54.2. The Morgan fingerprint density at radius 2 is 1.80 bits per heavy atom. The van der Waals surface area contributed by atoms with E-state index in [0.29, 0.717) is 24.8 Å². The van der Waals surface area contributed by atoms with Crippen molar-refractivity contribution in [2.24, 2.45) is 28.4 Å². The fraction of sp³-hybridized carbons (Fsp3) is 0.724. The summed E-state index contributed by atoms with van der Waals surface area (Å²) in [5.74, 6) is -4.82. The van der Waals surface area contributed by atoms with Gasteiger partial charge in [0.15, 0.2) is 23.7 Å². The Labute approximate surface area is 253 Å². The lowest BCUT2D eigenvalue weighted by Crippen LogP contribution is -2.69. The SMILES string of the molecule is C[C@]12C=CC(=O)C=C1CC[C@H]1[C@@H]3C[C@@H](O)[C@](O)(C(=O)COC(=O)CC(N)C(=O)OCCCCON(O)O)[C@@]3(C)C[C@H](O)[C@@]12F. The van der Waals surface area contributed by atoms with Gasteiger partial charge in [0.2, 0.25) is 5.78 Å². The van der Waals surface area contributed by atoms with Crippen molar-refractivity contribution in [2.45, 2.75) is 88.3 Å². The standard InChI is InChI=1S/C29H41FN2O12/c1-26-8-7-17(33)11-16(26)5-6-18-19-12-21(34)29(39,27(19,2)14-22(35)28(18,26)30)23(36)15-43-24(37)13-20(31)25(38)42-9-3-4-10-44-32(40)41/h7-8,11,18-22,34-35,39-41H,3-6,9-10,12-15,31H2,1-2H3/t18-,19-,20?,21+,22-,26-,27-,28-,29-/m0/s1. The first-order chi connectivity index (χ1) is 20.5. The molecule has 9 atom stereocenters. The third kappa shape index (κ3) is 5.64. The molecule has 0 radical (unpaired) electrons. The van der Waals surface area contributed by atoms with Gasteiger partial charge in [0, 0.05) is 16.7 Å². The highest BCUT2D eigenvalue weighted by molar-refractivity contribution is 6.01. The largest absolute Gasteiger partial charge is 0.465 e. The number of esters is 2. The summed E-state index contributed by atoms with van der Waals surface area (Å²) in [5, 5.41) is 50.6. The molecule has 3 fully saturated rings. The molecule has 0 heterocycles. The third-order valence-electron chi connectivity index (χ3n) is 10.3. The van der Waals surface area contributed by atoms with Crippen LogP contribution in [0.2, 0.25) is 0 Å². The molecular formula is C29H41FN2O12. The molecule has 0 spiro atoms. The normalized spacial score (nSPS) is 38.3. The Bertz CT molecular complexity index is 1230. The number of unbranched alkanes of at least 4 members (excludes halogenated alkanes) is 1. The van der Waals surface area contributed by atoms with E-state index in [4.69, 9.17) is 25.6 Å². The topological polar surface area (TPSA) is 226 Å². The molecule has 4 aliphatic rings. The van der Waals surface area contributed by atoms with Crippen LogP contribution < -0.4 is 5.73 Å². The number of nitrogens with zero attached hydrogens (tertiary/aromatic N) is 1. The van der Waals surface area contributed by atoms with Crippen LogP contribution in [0, 0.1) is 22.7 Å². The van der Waals surface area contributed by atoms with Crippen molar-refractivity contribution in [3.05, 3.63) is 23.8 Å². The summed E-state index contributed by atoms with van der Waals surface area (Å²) in [6, 6.07) is -1.41. The zero-order chi connectivity index (χ0) is 32.7. The molecule has 0 aromatic heterocycles. The van der Waals surface area contributed by atoms with Crippen molar-refractivity contribution < 1.29 is 63.6 Å². The number of ether oxygens (including phenoxy) is 2. The molecule has 15 heteroatoms. The van der Waals surface area contributed by atoms with Gasteiger partial charge < -0.3 is 30.5 Å². The van der Waals surface area contributed by atoms with Crippen molar-refractivity contribution in [3.63, 3.8) is 0 Å². The van der Waals surface area contributed by atoms with Crippen molar-refractivity contribution >= 4 is 23.5 Å². The van der Waals surface area contributed by atoms with Crippen LogP contribution in [-0.4, -0.2) is 104 Å². The van der Waals surface area contributed by atoms with Gasteiger partial charge in [0.1, 0.15) is 6.04 Å². The zero-order valence-corrected chi connectivity index (χ0v) is 24.7. The summed E-state index contributed by atoms with van der Waals surface area (Å²) >= 11 is 0. The smallest absolute Gasteiger partial charge is 0.323 e. The number of nitrogens with two attached hydrogens (primary N) is 1. The van der Waals surface area contributed by atoms with Crippen LogP contribution in [0.3, 0.4) is 0 Å². The fourth-order valence-electron chi connectivity index (χ4n) is 7.94. The molecular weight excluding hydrogens is 587 g/mol. The Morgan fingerprint density at radius 3 is 2.48 bits per heavy atom. The lowest BCUT2D eigenvalue weighted by atomic mass is 9.44. The molecule has 7 N–H and O–H groups in total. The number of Topliss-reactive ketones (excluding diaryl/α,β-unsaturated/α-hetero) is 1. The van der Waals surface area contributed by atoms with Crippen molar-refractivity contribution in [2.75, 3.05) is 19.8 Å². The summed E-state index contributed by atoms with van der Waals surface area (Å²) < 4.78 is 27.2. The monoisotopic (exact) mass is 628 g/mol. The van der Waals surface area contributed by atoms with E-state index in [0.717, 1.165) is 0 Å². The van der Waals surface area contributed by atoms with Gasteiger partial charge in [-0.1, -0.05) is 18.6 Å². The molecule has 3 saturated carbocycles. The van der Waals surface area contributed by atoms with Gasteiger partial charge in [-0.2, -0.15) is 0 Å². The van der Waals surface area contributed by atoms with E-state index in [9.17, 15) is 34.5 Å². The second-order valence-corrected chi connectivity index (χ2v) is 12.6. The number of alkyl halides is 1. The van der Waals surface area contributed by atoms with E-state index in [2.05, 4.69) is 4.84 Å². The second kappa shape index (κ2) is 12.6. The molecule has 4 rings (SSSR count). The minimum atomic E-state index is -2.47. The Kier molecular flexibility index (Phi) is 9.84.